The van der Waals surface area contributed by atoms with Gasteiger partial charge in [0.2, 0.25) is 11.8 Å². The summed E-state index contributed by atoms with van der Waals surface area (Å²) < 4.78 is 5.85. The van der Waals surface area contributed by atoms with Crippen molar-refractivity contribution in [2.45, 2.75) is 27.2 Å². The molecule has 0 aliphatic carbocycles. The quantitative estimate of drug-likeness (QED) is 0.889. The maximum absolute atomic E-state index is 5.85. The zero-order chi connectivity index (χ0) is 13.7. The van der Waals surface area contributed by atoms with Gasteiger partial charge in [-0.15, -0.1) is 0 Å². The van der Waals surface area contributed by atoms with E-state index in [1.807, 2.05) is 32.0 Å². The van der Waals surface area contributed by atoms with Crippen LogP contribution in [0.2, 0.25) is 0 Å². The van der Waals surface area contributed by atoms with Gasteiger partial charge in [-0.25, -0.2) is 4.98 Å². The summed E-state index contributed by atoms with van der Waals surface area (Å²) in [4.78, 5) is 8.57. The maximum Gasteiger partial charge on any atom is 0.226 e. The largest absolute Gasteiger partial charge is 0.439 e. The average Bonchev–Trinajstić information content (AvgIpc) is 2.43. The molecule has 0 atom stereocenters. The minimum Gasteiger partial charge on any atom is -0.439 e. The van der Waals surface area contributed by atoms with Crippen LogP contribution in [0.15, 0.2) is 30.5 Å². The Bertz CT molecular complexity index is 555. The van der Waals surface area contributed by atoms with E-state index in [0.717, 1.165) is 24.3 Å². The summed E-state index contributed by atoms with van der Waals surface area (Å²) in [7, 11) is 0. The first kappa shape index (κ1) is 13.3. The van der Waals surface area contributed by atoms with Gasteiger partial charge >= 0.3 is 0 Å². The summed E-state index contributed by atoms with van der Waals surface area (Å²) in [6, 6.07) is 8.06. The van der Waals surface area contributed by atoms with Crippen molar-refractivity contribution in [2.24, 2.45) is 0 Å². The molecule has 0 amide bonds. The van der Waals surface area contributed by atoms with Crippen LogP contribution in [0, 0.1) is 6.92 Å². The van der Waals surface area contributed by atoms with E-state index in [1.54, 1.807) is 6.20 Å². The number of aromatic nitrogens is 2. The minimum atomic E-state index is 0.592. The van der Waals surface area contributed by atoms with Gasteiger partial charge in [0, 0.05) is 18.3 Å². The molecule has 0 saturated heterocycles. The maximum atomic E-state index is 5.85. The number of aryl methyl sites for hydroxylation is 2. The van der Waals surface area contributed by atoms with E-state index in [-0.39, 0.29) is 0 Å². The molecule has 0 bridgehead atoms. The smallest absolute Gasteiger partial charge is 0.226 e. The van der Waals surface area contributed by atoms with Crippen molar-refractivity contribution in [3.63, 3.8) is 0 Å². The number of nitrogens with one attached hydrogen (secondary N) is 1. The normalized spacial score (nSPS) is 10.3. The summed E-state index contributed by atoms with van der Waals surface area (Å²) in [5.74, 6) is 2.00. The fourth-order valence-corrected chi connectivity index (χ4v) is 1.71. The molecule has 1 heterocycles. The molecule has 1 N–H and O–H groups in total. The molecule has 1 aromatic heterocycles. The molecule has 1 aromatic carbocycles. The van der Waals surface area contributed by atoms with Gasteiger partial charge in [-0.2, -0.15) is 4.98 Å². The highest BCUT2D eigenvalue weighted by molar-refractivity contribution is 5.37. The second-order valence-electron chi connectivity index (χ2n) is 4.32. The van der Waals surface area contributed by atoms with E-state index in [1.165, 1.54) is 5.56 Å². The third-order valence-corrected chi connectivity index (χ3v) is 2.78. The SMILES string of the molecule is CCNc1ncc(C)c(Oc2cccc(CC)c2)n1. The summed E-state index contributed by atoms with van der Waals surface area (Å²) in [6.07, 6.45) is 2.76. The molecule has 19 heavy (non-hydrogen) atoms. The van der Waals surface area contributed by atoms with Crippen molar-refractivity contribution in [1.82, 2.24) is 9.97 Å². The lowest BCUT2D eigenvalue weighted by atomic mass is 10.2. The molecule has 0 aliphatic rings. The van der Waals surface area contributed by atoms with Crippen LogP contribution in [0.1, 0.15) is 25.0 Å². The highest BCUT2D eigenvalue weighted by Crippen LogP contribution is 2.24. The van der Waals surface area contributed by atoms with Crippen molar-refractivity contribution >= 4 is 5.95 Å². The van der Waals surface area contributed by atoms with E-state index < -0.39 is 0 Å². The topological polar surface area (TPSA) is 47.0 Å². The van der Waals surface area contributed by atoms with E-state index in [2.05, 4.69) is 28.3 Å². The van der Waals surface area contributed by atoms with Crippen LogP contribution in [-0.2, 0) is 6.42 Å². The Balaban J connectivity index is 2.23. The lowest BCUT2D eigenvalue weighted by Crippen LogP contribution is -2.03. The van der Waals surface area contributed by atoms with E-state index in [4.69, 9.17) is 4.74 Å². The van der Waals surface area contributed by atoms with Gasteiger partial charge in [0.25, 0.3) is 0 Å². The van der Waals surface area contributed by atoms with Crippen LogP contribution in [-0.4, -0.2) is 16.5 Å². The highest BCUT2D eigenvalue weighted by Gasteiger charge is 2.06. The number of ether oxygens (including phenoxy) is 1. The molecule has 2 rings (SSSR count). The predicted molar refractivity (Wildman–Crippen MR) is 76.8 cm³/mol. The van der Waals surface area contributed by atoms with Gasteiger partial charge in [0.1, 0.15) is 5.75 Å². The van der Waals surface area contributed by atoms with Gasteiger partial charge in [-0.05, 0) is 38.0 Å². The first-order valence-electron chi connectivity index (χ1n) is 6.57. The summed E-state index contributed by atoms with van der Waals surface area (Å²) in [6.45, 7) is 6.86. The van der Waals surface area contributed by atoms with Crippen LogP contribution in [0.4, 0.5) is 5.95 Å². The van der Waals surface area contributed by atoms with Crippen molar-refractivity contribution in [3.8, 4) is 11.6 Å². The van der Waals surface area contributed by atoms with Crippen molar-refractivity contribution in [3.05, 3.63) is 41.6 Å². The molecule has 0 fully saturated rings. The Morgan fingerprint density at radius 3 is 2.84 bits per heavy atom. The minimum absolute atomic E-state index is 0.592. The number of benzene rings is 1. The predicted octanol–water partition coefficient (Wildman–Crippen LogP) is 3.57. The van der Waals surface area contributed by atoms with E-state index in [9.17, 15) is 0 Å². The molecule has 0 spiro atoms. The fourth-order valence-electron chi connectivity index (χ4n) is 1.71. The van der Waals surface area contributed by atoms with Gasteiger partial charge < -0.3 is 10.1 Å². The molecular formula is C15H19N3O. The van der Waals surface area contributed by atoms with Crippen molar-refractivity contribution < 1.29 is 4.74 Å². The van der Waals surface area contributed by atoms with Gasteiger partial charge in [-0.3, -0.25) is 0 Å². The number of hydrogen-bond donors (Lipinski definition) is 1. The number of nitrogens with zero attached hydrogens (tertiary/aromatic N) is 2. The summed E-state index contributed by atoms with van der Waals surface area (Å²) in [5.41, 5.74) is 2.17. The molecule has 0 aliphatic heterocycles. The molecule has 2 aromatic rings. The third kappa shape index (κ3) is 3.44. The second-order valence-corrected chi connectivity index (χ2v) is 4.32. The third-order valence-electron chi connectivity index (χ3n) is 2.78. The molecule has 0 radical (unpaired) electrons. The van der Waals surface area contributed by atoms with Crippen LogP contribution in [0.25, 0.3) is 0 Å². The Labute approximate surface area is 113 Å². The number of anilines is 1. The van der Waals surface area contributed by atoms with Crippen LogP contribution in [0.3, 0.4) is 0 Å². The molecule has 0 saturated carbocycles. The Kier molecular flexibility index (Phi) is 4.34. The van der Waals surface area contributed by atoms with E-state index in [0.29, 0.717) is 11.8 Å². The molecule has 4 nitrogen and oxygen atoms in total. The lowest BCUT2D eigenvalue weighted by molar-refractivity contribution is 0.457. The van der Waals surface area contributed by atoms with Crippen LogP contribution < -0.4 is 10.1 Å². The average molecular weight is 257 g/mol. The van der Waals surface area contributed by atoms with Crippen LogP contribution >= 0.6 is 0 Å². The number of rotatable bonds is 5. The molecule has 0 unspecified atom stereocenters. The Hall–Kier alpha value is -2.10. The zero-order valence-corrected chi connectivity index (χ0v) is 11.6. The monoisotopic (exact) mass is 257 g/mol. The standard InChI is InChI=1S/C15H19N3O/c1-4-12-7-6-8-13(9-12)19-14-11(3)10-17-15(18-14)16-5-2/h6-10H,4-5H2,1-3H3,(H,16,17,18). The van der Waals surface area contributed by atoms with Crippen molar-refractivity contribution in [1.29, 1.82) is 0 Å². The molecule has 100 valence electrons. The van der Waals surface area contributed by atoms with Gasteiger partial charge in [0.15, 0.2) is 0 Å². The zero-order valence-electron chi connectivity index (χ0n) is 11.6. The summed E-state index contributed by atoms with van der Waals surface area (Å²) >= 11 is 0. The van der Waals surface area contributed by atoms with Crippen LogP contribution in [0.5, 0.6) is 11.6 Å². The van der Waals surface area contributed by atoms with E-state index >= 15 is 0 Å². The molecular weight excluding hydrogens is 238 g/mol. The highest BCUT2D eigenvalue weighted by atomic mass is 16.5. The Morgan fingerprint density at radius 2 is 2.11 bits per heavy atom. The van der Waals surface area contributed by atoms with Gasteiger partial charge in [0.05, 0.1) is 0 Å². The summed E-state index contributed by atoms with van der Waals surface area (Å²) in [5, 5.41) is 3.08. The fraction of sp³-hybridized carbons (Fsp3) is 0.333. The second kappa shape index (κ2) is 6.18. The number of hydrogen-bond acceptors (Lipinski definition) is 4. The van der Waals surface area contributed by atoms with Gasteiger partial charge in [-0.1, -0.05) is 19.1 Å². The Morgan fingerprint density at radius 1 is 1.26 bits per heavy atom. The van der Waals surface area contributed by atoms with Crippen molar-refractivity contribution in [2.75, 3.05) is 11.9 Å². The first-order valence-corrected chi connectivity index (χ1v) is 6.57. The molecule has 4 heteroatoms. The first-order chi connectivity index (χ1) is 9.22. The lowest BCUT2D eigenvalue weighted by Gasteiger charge is -2.10.